The van der Waals surface area contributed by atoms with Crippen LogP contribution in [0.5, 0.6) is 0 Å². The second-order valence-electron chi connectivity index (χ2n) is 16.7. The summed E-state index contributed by atoms with van der Waals surface area (Å²) < 4.78 is 28.6. The Bertz CT molecular complexity index is 3680. The standard InChI is InChI=1S/C58H35N3O2S/c62-64(63)53-23-11-8-20-46(53)56-54(64)31-30-49-55(56)45-19-7-10-22-48(45)58(49)47-21-9-6-18-43(47)41-16-4-5-17-42(41)44-29-28-39(33-50(44)58)52-34-51(60-57(61-52)38-13-2-1-3-14-38)37-26-24-36(25-27-37)40-15-12-32-59-35-40/h1-35H. The fourth-order valence-corrected chi connectivity index (χ4v) is 12.3. The molecule has 0 amide bonds. The minimum absolute atomic E-state index is 0.355. The molecule has 0 bridgehead atoms. The molecule has 0 fully saturated rings. The predicted molar refractivity (Wildman–Crippen MR) is 254 cm³/mol. The van der Waals surface area contributed by atoms with Gasteiger partial charge in [-0.1, -0.05) is 170 Å². The van der Waals surface area contributed by atoms with Crippen LogP contribution in [0.15, 0.2) is 222 Å². The number of nitrogens with zero attached hydrogens (tertiary/aromatic N) is 3. The van der Waals surface area contributed by atoms with Crippen LogP contribution in [-0.2, 0) is 15.3 Å². The van der Waals surface area contributed by atoms with Crippen LogP contribution < -0.4 is 0 Å². The van der Waals surface area contributed by atoms with Gasteiger partial charge >= 0.3 is 0 Å². The highest BCUT2D eigenvalue weighted by Crippen LogP contribution is 2.65. The minimum atomic E-state index is -3.73. The first-order valence-electron chi connectivity index (χ1n) is 21.4. The molecule has 2 aliphatic carbocycles. The zero-order chi connectivity index (χ0) is 42.6. The van der Waals surface area contributed by atoms with Crippen LogP contribution >= 0.6 is 0 Å². The van der Waals surface area contributed by atoms with Crippen LogP contribution in [0.25, 0.3) is 89.5 Å². The van der Waals surface area contributed by atoms with Crippen molar-refractivity contribution in [2.24, 2.45) is 0 Å². The fraction of sp³-hybridized carbons (Fsp3) is 0.0172. The monoisotopic (exact) mass is 837 g/mol. The highest BCUT2D eigenvalue weighted by atomic mass is 32.2. The normalized spacial score (nSPS) is 15.5. The third kappa shape index (κ3) is 5.11. The topological polar surface area (TPSA) is 72.8 Å². The van der Waals surface area contributed by atoms with Crippen molar-refractivity contribution in [3.8, 4) is 89.5 Å². The summed E-state index contributed by atoms with van der Waals surface area (Å²) in [5.41, 5.74) is 18.2. The quantitative estimate of drug-likeness (QED) is 0.177. The summed E-state index contributed by atoms with van der Waals surface area (Å²) in [6.45, 7) is 0. The minimum Gasteiger partial charge on any atom is -0.264 e. The molecule has 0 saturated heterocycles. The summed E-state index contributed by atoms with van der Waals surface area (Å²) in [5, 5.41) is 0. The summed E-state index contributed by atoms with van der Waals surface area (Å²) in [5.74, 6) is 0.636. The summed E-state index contributed by atoms with van der Waals surface area (Å²) >= 11 is 0. The largest absolute Gasteiger partial charge is 0.264 e. The molecular weight excluding hydrogens is 803 g/mol. The van der Waals surface area contributed by atoms with Crippen LogP contribution in [0.4, 0.5) is 0 Å². The van der Waals surface area contributed by atoms with Crippen molar-refractivity contribution < 1.29 is 8.42 Å². The second kappa shape index (κ2) is 13.7. The van der Waals surface area contributed by atoms with Crippen molar-refractivity contribution in [1.82, 2.24) is 15.0 Å². The molecule has 300 valence electrons. The van der Waals surface area contributed by atoms with E-state index in [0.29, 0.717) is 15.6 Å². The average molecular weight is 838 g/mol. The Morgan fingerprint density at radius 3 is 1.67 bits per heavy atom. The molecule has 1 unspecified atom stereocenters. The first-order chi connectivity index (χ1) is 31.5. The Kier molecular flexibility index (Phi) is 7.84. The van der Waals surface area contributed by atoms with Crippen LogP contribution in [-0.4, -0.2) is 23.4 Å². The molecule has 2 aromatic heterocycles. The van der Waals surface area contributed by atoms with Gasteiger partial charge in [0.15, 0.2) is 5.82 Å². The number of benzene rings is 8. The Balaban J connectivity index is 1.11. The molecule has 8 aromatic carbocycles. The van der Waals surface area contributed by atoms with Crippen LogP contribution in [0, 0.1) is 0 Å². The van der Waals surface area contributed by atoms with E-state index in [-0.39, 0.29) is 0 Å². The van der Waals surface area contributed by atoms with Crippen molar-refractivity contribution in [2.75, 3.05) is 0 Å². The zero-order valence-corrected chi connectivity index (χ0v) is 35.1. The van der Waals surface area contributed by atoms with Gasteiger partial charge in [-0.15, -0.1) is 0 Å². The first kappa shape index (κ1) is 36.6. The second-order valence-corrected chi connectivity index (χ2v) is 18.5. The molecule has 5 nitrogen and oxygen atoms in total. The van der Waals surface area contributed by atoms with E-state index in [0.717, 1.165) is 106 Å². The van der Waals surface area contributed by atoms with Crippen molar-refractivity contribution >= 4 is 9.84 Å². The van der Waals surface area contributed by atoms with Gasteiger partial charge in [0.25, 0.3) is 0 Å². The van der Waals surface area contributed by atoms with Crippen molar-refractivity contribution in [3.63, 3.8) is 0 Å². The highest BCUT2D eigenvalue weighted by Gasteiger charge is 2.52. The number of hydrogen-bond donors (Lipinski definition) is 0. The van der Waals surface area contributed by atoms with E-state index < -0.39 is 15.3 Å². The van der Waals surface area contributed by atoms with E-state index in [1.807, 2.05) is 54.7 Å². The molecule has 1 aliphatic heterocycles. The van der Waals surface area contributed by atoms with Crippen LogP contribution in [0.3, 0.4) is 0 Å². The van der Waals surface area contributed by atoms with E-state index in [4.69, 9.17) is 9.97 Å². The number of hydrogen-bond acceptors (Lipinski definition) is 5. The van der Waals surface area contributed by atoms with Gasteiger partial charge in [0, 0.05) is 40.2 Å². The van der Waals surface area contributed by atoms with Gasteiger partial charge in [0.05, 0.1) is 26.6 Å². The molecule has 1 atom stereocenters. The van der Waals surface area contributed by atoms with Crippen molar-refractivity contribution in [3.05, 3.63) is 235 Å². The summed E-state index contributed by atoms with van der Waals surface area (Å²) in [6.07, 6.45) is 3.66. The molecule has 0 N–H and O–H groups in total. The zero-order valence-electron chi connectivity index (χ0n) is 34.3. The average Bonchev–Trinajstić information content (AvgIpc) is 3.75. The highest BCUT2D eigenvalue weighted by molar-refractivity contribution is 7.92. The molecule has 13 rings (SSSR count). The van der Waals surface area contributed by atoms with Gasteiger partial charge in [0.2, 0.25) is 9.84 Å². The van der Waals surface area contributed by atoms with E-state index in [9.17, 15) is 8.42 Å². The summed E-state index contributed by atoms with van der Waals surface area (Å²) in [4.78, 5) is 15.6. The van der Waals surface area contributed by atoms with Gasteiger partial charge < -0.3 is 0 Å². The van der Waals surface area contributed by atoms with Gasteiger partial charge in [-0.2, -0.15) is 0 Å². The van der Waals surface area contributed by atoms with E-state index in [2.05, 4.69) is 151 Å². The third-order valence-corrected chi connectivity index (χ3v) is 15.3. The number of rotatable bonds is 4. The van der Waals surface area contributed by atoms with Crippen LogP contribution in [0.1, 0.15) is 22.3 Å². The molecular formula is C58H35N3O2S. The number of aromatic nitrogens is 3. The lowest BCUT2D eigenvalue weighted by molar-refractivity contribution is 0.598. The van der Waals surface area contributed by atoms with Gasteiger partial charge in [-0.3, -0.25) is 4.98 Å². The molecule has 0 saturated carbocycles. The fourth-order valence-electron chi connectivity index (χ4n) is 10.7. The van der Waals surface area contributed by atoms with Gasteiger partial charge in [-0.25, -0.2) is 18.4 Å². The third-order valence-electron chi connectivity index (χ3n) is 13.4. The van der Waals surface area contributed by atoms with Gasteiger partial charge in [-0.05, 0) is 97.1 Å². The van der Waals surface area contributed by atoms with Crippen LogP contribution in [0.2, 0.25) is 0 Å². The Morgan fingerprint density at radius 1 is 0.359 bits per heavy atom. The Labute approximate surface area is 371 Å². The van der Waals surface area contributed by atoms with Gasteiger partial charge in [0.1, 0.15) is 0 Å². The molecule has 3 heterocycles. The maximum absolute atomic E-state index is 14.3. The molecule has 1 spiro atoms. The molecule has 0 radical (unpaired) electrons. The van der Waals surface area contributed by atoms with Crippen molar-refractivity contribution in [2.45, 2.75) is 15.2 Å². The molecule has 3 aliphatic rings. The van der Waals surface area contributed by atoms with E-state index in [1.165, 1.54) is 0 Å². The maximum atomic E-state index is 14.3. The summed E-state index contributed by atoms with van der Waals surface area (Å²) in [7, 11) is -3.73. The Hall–Kier alpha value is -8.06. The molecule has 6 heteroatoms. The number of sulfone groups is 1. The number of pyridine rings is 1. The molecule has 64 heavy (non-hydrogen) atoms. The predicted octanol–water partition coefficient (Wildman–Crippen LogP) is 13.4. The van der Waals surface area contributed by atoms with Crippen molar-refractivity contribution in [1.29, 1.82) is 0 Å². The lowest BCUT2D eigenvalue weighted by Gasteiger charge is -2.35. The lowest BCUT2D eigenvalue weighted by Crippen LogP contribution is -2.29. The molecule has 10 aromatic rings. The van der Waals surface area contributed by atoms with E-state index >= 15 is 0 Å². The van der Waals surface area contributed by atoms with E-state index in [1.54, 1.807) is 12.3 Å². The number of fused-ring (bicyclic) bond motifs is 16. The lowest BCUT2D eigenvalue weighted by atomic mass is 9.65. The smallest absolute Gasteiger partial charge is 0.207 e. The Morgan fingerprint density at radius 2 is 0.938 bits per heavy atom. The summed E-state index contributed by atoms with van der Waals surface area (Å²) in [6, 6.07) is 68.9. The maximum Gasteiger partial charge on any atom is 0.207 e. The SMILES string of the molecule is O=S1(=O)c2ccccc2-c2c1ccc1c2-c2ccccc2C12c1ccccc1-c1ccccc1-c1ccc(-c3cc(-c4ccc(-c5cccnc5)cc4)nc(-c4ccccc4)n3)cc12. The first-order valence-corrected chi connectivity index (χ1v) is 22.9.